The van der Waals surface area contributed by atoms with Crippen molar-refractivity contribution in [2.75, 3.05) is 6.54 Å². The molecule has 0 unspecified atom stereocenters. The van der Waals surface area contributed by atoms with Crippen molar-refractivity contribution in [2.45, 2.75) is 23.8 Å². The molecule has 164 valence electrons. The van der Waals surface area contributed by atoms with Crippen LogP contribution in [0, 0.1) is 0 Å². The van der Waals surface area contributed by atoms with Crippen molar-refractivity contribution < 1.29 is 4.79 Å². The monoisotopic (exact) mass is 483 g/mol. The van der Waals surface area contributed by atoms with Crippen LogP contribution in [0.2, 0.25) is 5.02 Å². The summed E-state index contributed by atoms with van der Waals surface area (Å²) in [6.45, 7) is 0.499. The molecule has 0 bridgehead atoms. The first-order valence-corrected chi connectivity index (χ1v) is 12.3. The number of thiazole rings is 1. The van der Waals surface area contributed by atoms with Gasteiger partial charge in [0.15, 0.2) is 5.16 Å². The van der Waals surface area contributed by atoms with E-state index in [9.17, 15) is 4.79 Å². The molecule has 6 nitrogen and oxygen atoms in total. The highest BCUT2D eigenvalue weighted by atomic mass is 35.5. The molecule has 2 aromatic heterocycles. The number of aromatic nitrogens is 4. The van der Waals surface area contributed by atoms with Gasteiger partial charge in [-0.3, -0.25) is 4.79 Å². The van der Waals surface area contributed by atoms with E-state index in [4.69, 9.17) is 11.6 Å². The van der Waals surface area contributed by atoms with Gasteiger partial charge in [-0.15, -0.1) is 21.5 Å². The van der Waals surface area contributed by atoms with Gasteiger partial charge >= 0.3 is 0 Å². The SMILES string of the molecule is Cn1c(CCNC(=O)Cc2csc(-c3ccccc3)n2)nnc1SCc1cccc(Cl)c1. The minimum absolute atomic E-state index is 0.0485. The quantitative estimate of drug-likeness (QED) is 0.347. The van der Waals surface area contributed by atoms with Gasteiger partial charge in [0.05, 0.1) is 12.1 Å². The second kappa shape index (κ2) is 10.8. The first kappa shape index (κ1) is 22.5. The highest BCUT2D eigenvalue weighted by Crippen LogP contribution is 2.24. The lowest BCUT2D eigenvalue weighted by atomic mass is 10.2. The first-order valence-electron chi connectivity index (χ1n) is 10.1. The van der Waals surface area contributed by atoms with Crippen LogP contribution in [0.4, 0.5) is 0 Å². The normalized spacial score (nSPS) is 10.9. The number of nitrogens with zero attached hydrogens (tertiary/aromatic N) is 4. The van der Waals surface area contributed by atoms with E-state index in [0.29, 0.717) is 13.0 Å². The van der Waals surface area contributed by atoms with Crippen molar-refractivity contribution in [2.24, 2.45) is 7.05 Å². The average Bonchev–Trinajstić information content (AvgIpc) is 3.40. The fourth-order valence-electron chi connectivity index (χ4n) is 3.11. The van der Waals surface area contributed by atoms with Crippen molar-refractivity contribution in [3.05, 3.63) is 82.1 Å². The summed E-state index contributed by atoms with van der Waals surface area (Å²) in [6.07, 6.45) is 0.877. The molecule has 4 aromatic rings. The Balaban J connectivity index is 1.24. The molecule has 32 heavy (non-hydrogen) atoms. The smallest absolute Gasteiger partial charge is 0.226 e. The molecular weight excluding hydrogens is 462 g/mol. The van der Waals surface area contributed by atoms with Gasteiger partial charge in [0.2, 0.25) is 5.91 Å². The number of carbonyl (C=O) groups excluding carboxylic acids is 1. The molecule has 2 aromatic carbocycles. The Hall–Kier alpha value is -2.68. The topological polar surface area (TPSA) is 72.7 Å². The lowest BCUT2D eigenvalue weighted by molar-refractivity contribution is -0.120. The zero-order valence-corrected chi connectivity index (χ0v) is 19.9. The van der Waals surface area contributed by atoms with E-state index in [1.165, 1.54) is 0 Å². The van der Waals surface area contributed by atoms with Gasteiger partial charge in [-0.05, 0) is 17.7 Å². The Labute approximate surface area is 200 Å². The maximum absolute atomic E-state index is 12.3. The van der Waals surface area contributed by atoms with Gasteiger partial charge in [0, 0.05) is 41.7 Å². The number of nitrogens with one attached hydrogen (secondary N) is 1. The summed E-state index contributed by atoms with van der Waals surface area (Å²) < 4.78 is 1.97. The second-order valence-electron chi connectivity index (χ2n) is 7.16. The number of amides is 1. The molecule has 0 saturated carbocycles. The average molecular weight is 484 g/mol. The molecule has 0 radical (unpaired) electrons. The van der Waals surface area contributed by atoms with Crippen LogP contribution < -0.4 is 5.32 Å². The molecule has 9 heteroatoms. The van der Waals surface area contributed by atoms with Crippen molar-refractivity contribution in [3.63, 3.8) is 0 Å². The third-order valence-electron chi connectivity index (χ3n) is 4.77. The maximum atomic E-state index is 12.3. The lowest BCUT2D eigenvalue weighted by Crippen LogP contribution is -2.28. The summed E-state index contributed by atoms with van der Waals surface area (Å²) in [7, 11) is 1.94. The number of thioether (sulfide) groups is 1. The minimum atomic E-state index is -0.0485. The summed E-state index contributed by atoms with van der Waals surface area (Å²) in [6, 6.07) is 17.8. The van der Waals surface area contributed by atoms with Crippen LogP contribution in [0.25, 0.3) is 10.6 Å². The number of carbonyl (C=O) groups is 1. The van der Waals surface area contributed by atoms with E-state index in [1.54, 1.807) is 23.1 Å². The highest BCUT2D eigenvalue weighted by molar-refractivity contribution is 7.98. The summed E-state index contributed by atoms with van der Waals surface area (Å²) in [5, 5.41) is 15.9. The molecule has 0 atom stereocenters. The van der Waals surface area contributed by atoms with E-state index in [-0.39, 0.29) is 12.3 Å². The van der Waals surface area contributed by atoms with Crippen molar-refractivity contribution in [3.8, 4) is 10.6 Å². The Bertz CT molecular complexity index is 1190. The van der Waals surface area contributed by atoms with Gasteiger partial charge in [-0.2, -0.15) is 0 Å². The number of hydrogen-bond donors (Lipinski definition) is 1. The maximum Gasteiger partial charge on any atom is 0.226 e. The predicted octanol–water partition coefficient (Wildman–Crippen LogP) is 4.79. The molecule has 0 saturated heterocycles. The van der Waals surface area contributed by atoms with Crippen LogP contribution in [0.5, 0.6) is 0 Å². The molecule has 2 heterocycles. The Morgan fingerprint density at radius 1 is 1.16 bits per heavy atom. The molecule has 0 fully saturated rings. The van der Waals surface area contributed by atoms with Crippen LogP contribution in [0.15, 0.2) is 65.1 Å². The van der Waals surface area contributed by atoms with E-state index < -0.39 is 0 Å². The van der Waals surface area contributed by atoms with Crippen molar-refractivity contribution in [1.29, 1.82) is 0 Å². The zero-order valence-electron chi connectivity index (χ0n) is 17.5. The summed E-state index contributed by atoms with van der Waals surface area (Å²) in [5.41, 5.74) is 2.98. The van der Waals surface area contributed by atoms with Crippen LogP contribution in [0.1, 0.15) is 17.1 Å². The highest BCUT2D eigenvalue weighted by Gasteiger charge is 2.12. The third kappa shape index (κ3) is 5.97. The van der Waals surface area contributed by atoms with Crippen LogP contribution in [0.3, 0.4) is 0 Å². The van der Waals surface area contributed by atoms with Gasteiger partial charge in [0.25, 0.3) is 0 Å². The molecular formula is C23H22ClN5OS2. The van der Waals surface area contributed by atoms with Gasteiger partial charge in [0.1, 0.15) is 10.8 Å². The largest absolute Gasteiger partial charge is 0.355 e. The van der Waals surface area contributed by atoms with E-state index >= 15 is 0 Å². The Kier molecular flexibility index (Phi) is 7.57. The van der Waals surface area contributed by atoms with Crippen molar-refractivity contribution >= 4 is 40.6 Å². The Morgan fingerprint density at radius 3 is 2.81 bits per heavy atom. The zero-order chi connectivity index (χ0) is 22.3. The van der Waals surface area contributed by atoms with Gasteiger partial charge in [-0.25, -0.2) is 4.98 Å². The second-order valence-corrected chi connectivity index (χ2v) is 9.40. The van der Waals surface area contributed by atoms with Crippen LogP contribution in [-0.4, -0.2) is 32.2 Å². The fraction of sp³-hybridized carbons (Fsp3) is 0.217. The lowest BCUT2D eigenvalue weighted by Gasteiger charge is -2.06. The van der Waals surface area contributed by atoms with Gasteiger partial charge < -0.3 is 9.88 Å². The van der Waals surface area contributed by atoms with Crippen molar-refractivity contribution in [1.82, 2.24) is 25.1 Å². The molecule has 0 aliphatic rings. The predicted molar refractivity (Wildman–Crippen MR) is 130 cm³/mol. The fourth-order valence-corrected chi connectivity index (χ4v) is 5.02. The molecule has 1 N–H and O–H groups in total. The van der Waals surface area contributed by atoms with Crippen LogP contribution in [-0.2, 0) is 30.4 Å². The van der Waals surface area contributed by atoms with E-state index in [1.807, 2.05) is 71.6 Å². The standard InChI is InChI=1S/C23H22ClN5OS2/c1-29-20(27-28-23(29)32-14-16-6-5-9-18(24)12-16)10-11-25-21(30)13-19-15-31-22(26-19)17-7-3-2-4-8-17/h2-9,12,15H,10-11,13-14H2,1H3,(H,25,30). The summed E-state index contributed by atoms with van der Waals surface area (Å²) in [5.74, 6) is 1.55. The van der Waals surface area contributed by atoms with E-state index in [2.05, 4.69) is 20.5 Å². The molecule has 0 aliphatic heterocycles. The first-order chi connectivity index (χ1) is 15.6. The van der Waals surface area contributed by atoms with Gasteiger partial charge in [-0.1, -0.05) is 65.8 Å². The summed E-state index contributed by atoms with van der Waals surface area (Å²) in [4.78, 5) is 16.9. The summed E-state index contributed by atoms with van der Waals surface area (Å²) >= 11 is 9.20. The number of rotatable bonds is 9. The number of hydrogen-bond acceptors (Lipinski definition) is 6. The molecule has 1 amide bonds. The molecule has 4 rings (SSSR count). The molecule has 0 aliphatic carbocycles. The molecule has 0 spiro atoms. The minimum Gasteiger partial charge on any atom is -0.355 e. The third-order valence-corrected chi connectivity index (χ3v) is 7.03. The number of benzene rings is 2. The number of halogens is 1. The Morgan fingerprint density at radius 2 is 2.00 bits per heavy atom. The van der Waals surface area contributed by atoms with E-state index in [0.717, 1.165) is 43.6 Å². The van der Waals surface area contributed by atoms with Crippen LogP contribution >= 0.6 is 34.7 Å².